The van der Waals surface area contributed by atoms with Crippen molar-refractivity contribution >= 4 is 18.4 Å². The van der Waals surface area contributed by atoms with Crippen molar-refractivity contribution < 1.29 is 14.6 Å². The maximum Gasteiger partial charge on any atom is 0.354 e. The third-order valence-corrected chi connectivity index (χ3v) is 5.12. The largest absolute Gasteiger partial charge is 0.477 e. The molecule has 27 heavy (non-hydrogen) atoms. The number of halogens is 1. The van der Waals surface area contributed by atoms with Crippen LogP contribution in [0.5, 0.6) is 0 Å². The van der Waals surface area contributed by atoms with Crippen LogP contribution in [0, 0.1) is 0 Å². The molecule has 2 aromatic rings. The van der Waals surface area contributed by atoms with Crippen molar-refractivity contribution in [3.63, 3.8) is 0 Å². The summed E-state index contributed by atoms with van der Waals surface area (Å²) < 4.78 is 5.98. The molecule has 0 spiro atoms. The average molecular weight is 390 g/mol. The fraction of sp³-hybridized carbons (Fsp3) is 0.400. The molecule has 0 bridgehead atoms. The third-order valence-electron chi connectivity index (χ3n) is 5.12. The maximum absolute atomic E-state index is 11.3. The number of carboxylic acids is 1. The van der Waals surface area contributed by atoms with E-state index in [9.17, 15) is 9.90 Å². The van der Waals surface area contributed by atoms with Crippen molar-refractivity contribution in [2.75, 3.05) is 26.2 Å². The Kier molecular flexibility index (Phi) is 6.44. The summed E-state index contributed by atoms with van der Waals surface area (Å²) in [5.41, 5.74) is 3.36. The van der Waals surface area contributed by atoms with Gasteiger partial charge in [0, 0.05) is 26.2 Å². The number of fused-ring (bicyclic) bond motifs is 1. The van der Waals surface area contributed by atoms with Gasteiger partial charge in [-0.05, 0) is 23.6 Å². The van der Waals surface area contributed by atoms with Crippen molar-refractivity contribution in [1.82, 2.24) is 15.2 Å². The van der Waals surface area contributed by atoms with Gasteiger partial charge in [0.05, 0.1) is 24.4 Å². The molecule has 3 heterocycles. The van der Waals surface area contributed by atoms with Crippen LogP contribution in [0.3, 0.4) is 0 Å². The van der Waals surface area contributed by atoms with E-state index in [1.807, 2.05) is 12.1 Å². The first-order valence-electron chi connectivity index (χ1n) is 9.04. The lowest BCUT2D eigenvalue weighted by atomic mass is 9.99. The van der Waals surface area contributed by atoms with Crippen LogP contribution in [0.1, 0.15) is 33.4 Å². The fourth-order valence-electron chi connectivity index (χ4n) is 3.83. The second kappa shape index (κ2) is 8.80. The Bertz CT molecular complexity index is 787. The van der Waals surface area contributed by atoms with Crippen molar-refractivity contribution in [3.8, 4) is 0 Å². The highest BCUT2D eigenvalue weighted by Gasteiger charge is 2.32. The standard InChI is InChI=1S/C20H23N3O3.ClH/c24-20(25)17-7-6-15-11-21-12-18(19(15)22-17)23-8-9-26-16(13-23)10-14-4-2-1-3-5-14;/h1-7,16,18,21H,8-13H2,(H,24,25);1H. The summed E-state index contributed by atoms with van der Waals surface area (Å²) in [4.78, 5) is 18.1. The molecule has 0 saturated carbocycles. The summed E-state index contributed by atoms with van der Waals surface area (Å²) in [6.45, 7) is 3.84. The lowest BCUT2D eigenvalue weighted by molar-refractivity contribution is -0.0445. The number of nitrogens with zero attached hydrogens (tertiary/aromatic N) is 2. The molecule has 1 aromatic heterocycles. The van der Waals surface area contributed by atoms with E-state index < -0.39 is 5.97 Å². The minimum atomic E-state index is -0.978. The van der Waals surface area contributed by atoms with Crippen molar-refractivity contribution in [2.45, 2.75) is 25.1 Å². The first-order valence-corrected chi connectivity index (χ1v) is 9.04. The van der Waals surface area contributed by atoms with Crippen LogP contribution in [0.2, 0.25) is 0 Å². The molecule has 2 aliphatic heterocycles. The molecule has 2 atom stereocenters. The van der Waals surface area contributed by atoms with E-state index in [1.54, 1.807) is 6.07 Å². The molecular weight excluding hydrogens is 366 g/mol. The van der Waals surface area contributed by atoms with Gasteiger partial charge in [0.2, 0.25) is 0 Å². The zero-order valence-corrected chi connectivity index (χ0v) is 15.8. The van der Waals surface area contributed by atoms with Gasteiger partial charge in [-0.25, -0.2) is 9.78 Å². The van der Waals surface area contributed by atoms with E-state index in [1.165, 1.54) is 5.56 Å². The lowest BCUT2D eigenvalue weighted by Gasteiger charge is -2.40. The zero-order valence-electron chi connectivity index (χ0n) is 15.0. The predicted molar refractivity (Wildman–Crippen MR) is 104 cm³/mol. The molecule has 4 rings (SSSR count). The van der Waals surface area contributed by atoms with Crippen molar-refractivity contribution in [3.05, 3.63) is 65.0 Å². The van der Waals surface area contributed by atoms with Crippen LogP contribution in [0.15, 0.2) is 42.5 Å². The van der Waals surface area contributed by atoms with E-state index in [0.29, 0.717) is 6.61 Å². The van der Waals surface area contributed by atoms with Gasteiger partial charge in [-0.3, -0.25) is 4.90 Å². The molecule has 0 aliphatic carbocycles. The van der Waals surface area contributed by atoms with Crippen LogP contribution in [-0.2, 0) is 17.7 Å². The van der Waals surface area contributed by atoms with E-state index >= 15 is 0 Å². The van der Waals surface area contributed by atoms with Gasteiger partial charge in [-0.1, -0.05) is 36.4 Å². The number of aromatic nitrogens is 1. The first kappa shape index (κ1) is 19.8. The Morgan fingerprint density at radius 2 is 2.07 bits per heavy atom. The number of aromatic carboxylic acids is 1. The molecule has 7 heteroatoms. The monoisotopic (exact) mass is 389 g/mol. The highest BCUT2D eigenvalue weighted by molar-refractivity contribution is 5.85. The van der Waals surface area contributed by atoms with Gasteiger partial charge in [-0.2, -0.15) is 0 Å². The van der Waals surface area contributed by atoms with Gasteiger partial charge in [0.1, 0.15) is 5.69 Å². The normalized spacial score (nSPS) is 22.5. The minimum Gasteiger partial charge on any atom is -0.477 e. The quantitative estimate of drug-likeness (QED) is 0.835. The van der Waals surface area contributed by atoms with E-state index in [2.05, 4.69) is 39.5 Å². The Hall–Kier alpha value is -1.99. The van der Waals surface area contributed by atoms with Crippen LogP contribution >= 0.6 is 12.4 Å². The number of ether oxygens (including phenoxy) is 1. The van der Waals surface area contributed by atoms with E-state index in [-0.39, 0.29) is 30.2 Å². The number of morpholine rings is 1. The SMILES string of the molecule is Cl.O=C(O)c1ccc2c(n1)C(N1CCOC(Cc3ccccc3)C1)CNC2. The Morgan fingerprint density at radius 3 is 2.85 bits per heavy atom. The average Bonchev–Trinajstić information content (AvgIpc) is 2.68. The number of nitrogens with one attached hydrogen (secondary N) is 1. The van der Waals surface area contributed by atoms with Crippen molar-refractivity contribution in [1.29, 1.82) is 0 Å². The smallest absolute Gasteiger partial charge is 0.354 e. The van der Waals surface area contributed by atoms with Gasteiger partial charge in [0.15, 0.2) is 0 Å². The van der Waals surface area contributed by atoms with Crippen molar-refractivity contribution in [2.24, 2.45) is 0 Å². The Morgan fingerprint density at radius 1 is 1.26 bits per heavy atom. The topological polar surface area (TPSA) is 74.7 Å². The van der Waals surface area contributed by atoms with Gasteiger partial charge >= 0.3 is 5.97 Å². The summed E-state index contributed by atoms with van der Waals surface area (Å²) in [6.07, 6.45) is 1.02. The van der Waals surface area contributed by atoms with Crippen LogP contribution in [-0.4, -0.2) is 53.3 Å². The molecule has 144 valence electrons. The first-order chi connectivity index (χ1) is 12.7. The number of carboxylic acid groups (broad SMARTS) is 1. The zero-order chi connectivity index (χ0) is 17.9. The molecule has 2 unspecified atom stereocenters. The predicted octanol–water partition coefficient (Wildman–Crippen LogP) is 2.29. The molecule has 1 saturated heterocycles. The number of rotatable bonds is 4. The van der Waals surface area contributed by atoms with Crippen LogP contribution < -0.4 is 5.32 Å². The van der Waals surface area contributed by atoms with Gasteiger partial charge in [-0.15, -0.1) is 12.4 Å². The molecule has 2 N–H and O–H groups in total. The molecule has 6 nitrogen and oxygen atoms in total. The summed E-state index contributed by atoms with van der Waals surface area (Å²) in [5.74, 6) is -0.978. The Balaban J connectivity index is 0.00000210. The highest BCUT2D eigenvalue weighted by atomic mass is 35.5. The number of hydrogen-bond acceptors (Lipinski definition) is 5. The van der Waals surface area contributed by atoms with Crippen LogP contribution in [0.4, 0.5) is 0 Å². The Labute approximate surface area is 165 Å². The number of pyridine rings is 1. The molecule has 1 fully saturated rings. The second-order valence-electron chi connectivity index (χ2n) is 6.87. The third kappa shape index (κ3) is 4.47. The van der Waals surface area contributed by atoms with Crippen LogP contribution in [0.25, 0.3) is 0 Å². The number of carbonyl (C=O) groups is 1. The minimum absolute atomic E-state index is 0. The van der Waals surface area contributed by atoms with Gasteiger partial charge < -0.3 is 15.2 Å². The molecular formula is C20H24ClN3O3. The fourth-order valence-corrected chi connectivity index (χ4v) is 3.83. The number of benzene rings is 1. The summed E-state index contributed by atoms with van der Waals surface area (Å²) in [5, 5.41) is 12.7. The maximum atomic E-state index is 11.3. The van der Waals surface area contributed by atoms with E-state index in [0.717, 1.165) is 43.9 Å². The number of hydrogen-bond donors (Lipinski definition) is 2. The summed E-state index contributed by atoms with van der Waals surface area (Å²) in [6, 6.07) is 13.9. The second-order valence-corrected chi connectivity index (χ2v) is 6.87. The lowest BCUT2D eigenvalue weighted by Crippen LogP contribution is -2.49. The van der Waals surface area contributed by atoms with E-state index in [4.69, 9.17) is 4.74 Å². The summed E-state index contributed by atoms with van der Waals surface area (Å²) >= 11 is 0. The molecule has 1 aromatic carbocycles. The molecule has 2 aliphatic rings. The molecule has 0 radical (unpaired) electrons. The summed E-state index contributed by atoms with van der Waals surface area (Å²) in [7, 11) is 0. The highest BCUT2D eigenvalue weighted by Crippen LogP contribution is 2.28. The molecule has 0 amide bonds. The van der Waals surface area contributed by atoms with Gasteiger partial charge in [0.25, 0.3) is 0 Å².